The lowest BCUT2D eigenvalue weighted by Gasteiger charge is -2.25. The van der Waals surface area contributed by atoms with Crippen LogP contribution in [-0.4, -0.2) is 46.4 Å². The van der Waals surface area contributed by atoms with E-state index in [1.165, 1.54) is 41.8 Å². The second kappa shape index (κ2) is 16.6. The van der Waals surface area contributed by atoms with Crippen LogP contribution in [-0.2, 0) is 24.6 Å². The molecule has 53 heavy (non-hydrogen) atoms. The molecule has 0 amide bonds. The Morgan fingerprint density at radius 1 is 0.962 bits per heavy atom. The van der Waals surface area contributed by atoms with Gasteiger partial charge in [0, 0.05) is 42.7 Å². The number of halogens is 1. The molecule has 1 aliphatic rings. The number of pyridine rings is 1. The molecule has 2 heterocycles. The number of ether oxygens (including phenoxy) is 2. The largest absolute Gasteiger partial charge is 0.488 e. The van der Waals surface area contributed by atoms with Gasteiger partial charge in [-0.25, -0.2) is 0 Å². The Hall–Kier alpha value is -5.24. The van der Waals surface area contributed by atoms with Crippen LogP contribution in [0.1, 0.15) is 58.2 Å². The fourth-order valence-electron chi connectivity index (χ4n) is 6.64. The zero-order valence-electron chi connectivity index (χ0n) is 30.1. The van der Waals surface area contributed by atoms with Gasteiger partial charge in [-0.15, -0.1) is 0 Å². The number of carboxylic acid groups (broad SMARTS) is 1. The van der Waals surface area contributed by atoms with Crippen molar-refractivity contribution >= 4 is 17.6 Å². The van der Waals surface area contributed by atoms with Gasteiger partial charge in [-0.2, -0.15) is 5.26 Å². The summed E-state index contributed by atoms with van der Waals surface area (Å²) in [6.45, 7) is 7.53. The maximum atomic E-state index is 11.8. The van der Waals surface area contributed by atoms with E-state index < -0.39 is 18.1 Å². The van der Waals surface area contributed by atoms with Crippen molar-refractivity contribution in [2.24, 2.45) is 0 Å². The van der Waals surface area contributed by atoms with E-state index in [1.807, 2.05) is 12.1 Å². The second-order valence-electron chi connectivity index (χ2n) is 13.7. The number of aliphatic hydroxyl groups excluding tert-OH is 1. The Labute approximate surface area is 315 Å². The van der Waals surface area contributed by atoms with Gasteiger partial charge in [-0.3, -0.25) is 15.1 Å². The molecule has 9 nitrogen and oxygen atoms in total. The Bertz CT molecular complexity index is 2140. The van der Waals surface area contributed by atoms with Crippen molar-refractivity contribution in [3.05, 3.63) is 135 Å². The number of nitrogens with one attached hydrogen (secondary N) is 2. The summed E-state index contributed by atoms with van der Waals surface area (Å²) in [5, 5.41) is 35.4. The predicted octanol–water partition coefficient (Wildman–Crippen LogP) is 7.72. The summed E-state index contributed by atoms with van der Waals surface area (Å²) in [6.07, 6.45) is 4.25. The van der Waals surface area contributed by atoms with Gasteiger partial charge in [0.2, 0.25) is 0 Å². The summed E-state index contributed by atoms with van der Waals surface area (Å²) in [5.41, 5.74) is 9.39. The highest BCUT2D eigenvalue weighted by Crippen LogP contribution is 2.37. The van der Waals surface area contributed by atoms with Crippen LogP contribution in [0.3, 0.4) is 0 Å². The van der Waals surface area contributed by atoms with Crippen LogP contribution in [0.5, 0.6) is 11.5 Å². The van der Waals surface area contributed by atoms with Gasteiger partial charge < -0.3 is 25.0 Å². The Balaban J connectivity index is 1.24. The fraction of sp³-hybridized carbons (Fsp3) is 0.279. The van der Waals surface area contributed by atoms with E-state index in [2.05, 4.69) is 84.1 Å². The number of nitriles is 1. The van der Waals surface area contributed by atoms with Gasteiger partial charge in [0.15, 0.2) is 0 Å². The van der Waals surface area contributed by atoms with E-state index in [9.17, 15) is 20.3 Å². The minimum Gasteiger partial charge on any atom is -0.488 e. The molecule has 1 aromatic heterocycles. The molecular formula is C43H43ClN4O5. The molecule has 4 aromatic carbocycles. The minimum atomic E-state index is -1.58. The molecule has 2 atom stereocenters. The number of rotatable bonds is 14. The lowest BCUT2D eigenvalue weighted by Crippen LogP contribution is -2.52. The zero-order valence-corrected chi connectivity index (χ0v) is 30.8. The van der Waals surface area contributed by atoms with Crippen molar-refractivity contribution in [3.8, 4) is 39.8 Å². The van der Waals surface area contributed by atoms with Gasteiger partial charge in [0.1, 0.15) is 36.3 Å². The molecular weight excluding hydrogens is 688 g/mol. The third-order valence-electron chi connectivity index (χ3n) is 10.1. The van der Waals surface area contributed by atoms with E-state index in [4.69, 9.17) is 21.1 Å². The highest BCUT2D eigenvalue weighted by molar-refractivity contribution is 6.32. The van der Waals surface area contributed by atoms with Gasteiger partial charge in [-0.1, -0.05) is 72.3 Å². The molecule has 0 bridgehead atoms. The molecule has 0 radical (unpaired) electrons. The second-order valence-corrected chi connectivity index (χ2v) is 14.1. The van der Waals surface area contributed by atoms with Crippen LogP contribution in [0.2, 0.25) is 5.02 Å². The highest BCUT2D eigenvalue weighted by Gasteiger charge is 2.32. The van der Waals surface area contributed by atoms with Crippen molar-refractivity contribution in [2.45, 2.75) is 58.4 Å². The molecule has 1 unspecified atom stereocenters. The topological polar surface area (TPSA) is 137 Å². The predicted molar refractivity (Wildman–Crippen MR) is 206 cm³/mol. The molecule has 272 valence electrons. The fourth-order valence-corrected chi connectivity index (χ4v) is 6.88. The number of nitrogens with zero attached hydrogens (tertiary/aromatic N) is 2. The Kier molecular flexibility index (Phi) is 11.8. The molecule has 5 aromatic rings. The standard InChI is InChI=1S/C43H43ClN4O5/c1-27-34(6-4-8-37(27)38-9-5-7-36(28(38)2)32-12-10-31(11-13-32)33-14-15-46-22-33)25-53-41-18-40(52-24-30-16-29(19-45)20-47-21-30)35(17-39(41)44)23-48-43(3,26-49)42(50)51/h4-13,16-18,20-21,33,46,48-49H,14-15,22-26H2,1-3H3,(H,50,51)/t33-,43?/m0/s1. The average molecular weight is 731 g/mol. The first kappa shape index (κ1) is 37.5. The van der Waals surface area contributed by atoms with Crippen molar-refractivity contribution in [2.75, 3.05) is 19.7 Å². The third-order valence-corrected chi connectivity index (χ3v) is 10.4. The summed E-state index contributed by atoms with van der Waals surface area (Å²) in [4.78, 5) is 15.9. The number of carbonyl (C=O) groups is 1. The lowest BCUT2D eigenvalue weighted by molar-refractivity contribution is -0.145. The zero-order chi connectivity index (χ0) is 37.5. The minimum absolute atomic E-state index is 0.0386. The number of carboxylic acids is 1. The maximum Gasteiger partial charge on any atom is 0.326 e. The Morgan fingerprint density at radius 3 is 2.38 bits per heavy atom. The molecule has 10 heteroatoms. The number of aromatic nitrogens is 1. The van der Waals surface area contributed by atoms with Crippen molar-refractivity contribution in [1.82, 2.24) is 15.6 Å². The van der Waals surface area contributed by atoms with Crippen LogP contribution < -0.4 is 20.1 Å². The molecule has 1 saturated heterocycles. The number of hydrogen-bond acceptors (Lipinski definition) is 8. The van der Waals surface area contributed by atoms with Crippen molar-refractivity contribution in [1.29, 1.82) is 5.26 Å². The van der Waals surface area contributed by atoms with Crippen LogP contribution in [0.15, 0.2) is 91.3 Å². The quantitative estimate of drug-likeness (QED) is 0.0906. The molecule has 6 rings (SSSR count). The number of aliphatic hydroxyl groups is 1. The monoisotopic (exact) mass is 730 g/mol. The first-order chi connectivity index (χ1) is 25.6. The first-order valence-electron chi connectivity index (χ1n) is 17.6. The van der Waals surface area contributed by atoms with Crippen molar-refractivity contribution < 1.29 is 24.5 Å². The average Bonchev–Trinajstić information content (AvgIpc) is 3.72. The van der Waals surface area contributed by atoms with Crippen LogP contribution in [0, 0.1) is 25.2 Å². The normalized spacial score (nSPS) is 15.1. The lowest BCUT2D eigenvalue weighted by atomic mass is 9.89. The van der Waals surface area contributed by atoms with E-state index in [1.54, 1.807) is 24.4 Å². The SMILES string of the molecule is Cc1c(COc2cc(OCc3cncc(C#N)c3)c(CNC(C)(CO)C(=O)O)cc2Cl)cccc1-c1cccc(-c2ccc([C@H]3CCNC3)cc2)c1C. The van der Waals surface area contributed by atoms with Gasteiger partial charge in [0.25, 0.3) is 0 Å². The maximum absolute atomic E-state index is 11.8. The molecule has 4 N–H and O–H groups in total. The molecule has 1 aliphatic heterocycles. The summed E-state index contributed by atoms with van der Waals surface area (Å²) >= 11 is 6.76. The molecule has 0 saturated carbocycles. The molecule has 0 aliphatic carbocycles. The highest BCUT2D eigenvalue weighted by atomic mass is 35.5. The van der Waals surface area contributed by atoms with Gasteiger partial charge in [-0.05, 0) is 96.3 Å². The van der Waals surface area contributed by atoms with Crippen LogP contribution >= 0.6 is 11.6 Å². The summed E-state index contributed by atoms with van der Waals surface area (Å²) in [5.74, 6) is 0.164. The number of aliphatic carboxylic acids is 1. The number of hydrogen-bond donors (Lipinski definition) is 4. The van der Waals surface area contributed by atoms with Gasteiger partial charge >= 0.3 is 5.97 Å². The number of benzene rings is 4. The first-order valence-corrected chi connectivity index (χ1v) is 18.0. The summed E-state index contributed by atoms with van der Waals surface area (Å²) in [6, 6.07) is 28.7. The summed E-state index contributed by atoms with van der Waals surface area (Å²) in [7, 11) is 0. The van der Waals surface area contributed by atoms with E-state index >= 15 is 0 Å². The summed E-state index contributed by atoms with van der Waals surface area (Å²) < 4.78 is 12.5. The molecule has 1 fully saturated rings. The van der Waals surface area contributed by atoms with Crippen molar-refractivity contribution in [3.63, 3.8) is 0 Å². The van der Waals surface area contributed by atoms with Gasteiger partial charge in [0.05, 0.1) is 17.2 Å². The van der Waals surface area contributed by atoms with E-state index in [0.717, 1.165) is 35.3 Å². The molecule has 0 spiro atoms. The van der Waals surface area contributed by atoms with Crippen LogP contribution in [0.4, 0.5) is 0 Å². The third kappa shape index (κ3) is 8.54. The smallest absolute Gasteiger partial charge is 0.326 e. The Morgan fingerprint density at radius 2 is 1.68 bits per heavy atom. The van der Waals surface area contributed by atoms with E-state index in [-0.39, 0.29) is 19.8 Å². The van der Waals surface area contributed by atoms with Crippen LogP contribution in [0.25, 0.3) is 22.3 Å². The van der Waals surface area contributed by atoms with E-state index in [0.29, 0.717) is 39.1 Å².